The van der Waals surface area contributed by atoms with Gasteiger partial charge in [-0.25, -0.2) is 0 Å². The van der Waals surface area contributed by atoms with Gasteiger partial charge < -0.3 is 31.7 Å². The van der Waals surface area contributed by atoms with Gasteiger partial charge in [-0.05, 0) is 78.7 Å². The Bertz CT molecular complexity index is 703. The fourth-order valence-corrected chi connectivity index (χ4v) is 6.59. The summed E-state index contributed by atoms with van der Waals surface area (Å²) in [5, 5.41) is 26.9. The lowest BCUT2D eigenvalue weighted by molar-refractivity contribution is -0.123. The Morgan fingerprint density at radius 3 is 1.85 bits per heavy atom. The minimum Gasteiger partial charge on any atom is -0.393 e. The van der Waals surface area contributed by atoms with Crippen molar-refractivity contribution in [2.45, 2.75) is 136 Å². The molecule has 6 N–H and O–H groups in total. The van der Waals surface area contributed by atoms with Crippen LogP contribution in [0.2, 0.25) is 0 Å². The van der Waals surface area contributed by atoms with Crippen molar-refractivity contribution in [2.24, 2.45) is 5.92 Å². The van der Waals surface area contributed by atoms with Crippen LogP contribution in [0.3, 0.4) is 0 Å². The number of amides is 2. The number of nitrogens with one attached hydrogen (secondary N) is 5. The molecule has 0 spiro atoms. The molecular weight excluding hydrogens is 555 g/mol. The molecule has 0 aromatic heterocycles. The molecule has 244 valence electrons. The Labute approximate surface area is 260 Å². The topological polar surface area (TPSA) is 115 Å². The summed E-state index contributed by atoms with van der Waals surface area (Å²) in [4.78, 5) is 25.1. The predicted octanol–water partition coefficient (Wildman–Crippen LogP) is 4.86. The average molecular weight is 620 g/mol. The molecule has 2 amide bonds. The molecule has 0 fully saturated rings. The van der Waals surface area contributed by atoms with Crippen LogP contribution in [0, 0.1) is 5.92 Å². The quantitative estimate of drug-likeness (QED) is 0.0601. The summed E-state index contributed by atoms with van der Waals surface area (Å²) in [5.74, 6) is 2.58. The normalized spacial score (nSPS) is 13.4. The highest BCUT2D eigenvalue weighted by Crippen LogP contribution is 2.22. The lowest BCUT2D eigenvalue weighted by Gasteiger charge is -2.33. The van der Waals surface area contributed by atoms with Crippen molar-refractivity contribution in [3.05, 3.63) is 0 Å². The van der Waals surface area contributed by atoms with Gasteiger partial charge in [0.25, 0.3) is 0 Å². The number of hydrogen-bond acceptors (Lipinski definition) is 8. The predicted molar refractivity (Wildman–Crippen MR) is 181 cm³/mol. The monoisotopic (exact) mass is 619 g/mol. The van der Waals surface area contributed by atoms with Crippen LogP contribution in [0.1, 0.15) is 114 Å². The first kappa shape index (κ1) is 40.5. The minimum atomic E-state index is -0.264. The molecule has 0 aliphatic carbocycles. The Morgan fingerprint density at radius 2 is 1.27 bits per heavy atom. The van der Waals surface area contributed by atoms with Gasteiger partial charge in [0, 0.05) is 67.1 Å². The van der Waals surface area contributed by atoms with E-state index in [-0.39, 0.29) is 34.5 Å². The van der Waals surface area contributed by atoms with Gasteiger partial charge in [-0.15, -0.1) is 0 Å². The van der Waals surface area contributed by atoms with E-state index in [0.717, 1.165) is 63.1 Å². The second-order valence-electron chi connectivity index (χ2n) is 13.1. The van der Waals surface area contributed by atoms with Crippen molar-refractivity contribution < 1.29 is 14.7 Å². The number of rotatable bonds is 26. The van der Waals surface area contributed by atoms with Crippen molar-refractivity contribution in [2.75, 3.05) is 44.2 Å². The first-order chi connectivity index (χ1) is 19.2. The van der Waals surface area contributed by atoms with Crippen LogP contribution in [0.15, 0.2) is 0 Å². The summed E-state index contributed by atoms with van der Waals surface area (Å²) >= 11 is 0. The number of aliphatic hydroxyl groups excluding tert-OH is 1. The van der Waals surface area contributed by atoms with Gasteiger partial charge in [0.2, 0.25) is 11.8 Å². The molecule has 1 atom stereocenters. The summed E-state index contributed by atoms with van der Waals surface area (Å²) in [5.41, 5.74) is -0.563. The van der Waals surface area contributed by atoms with Crippen LogP contribution < -0.4 is 26.6 Å². The lowest BCUT2D eigenvalue weighted by atomic mass is 9.88. The zero-order chi connectivity index (χ0) is 31.4. The van der Waals surface area contributed by atoms with Gasteiger partial charge in [-0.1, -0.05) is 56.2 Å². The summed E-state index contributed by atoms with van der Waals surface area (Å²) in [6.45, 7) is 22.8. The number of hydrogen-bond donors (Lipinski definition) is 6. The third kappa shape index (κ3) is 21.8. The number of carbonyl (C=O) groups excluding carboxylic acids is 2. The zero-order valence-corrected chi connectivity index (χ0v) is 29.5. The Hall–Kier alpha value is -0.520. The molecule has 0 radical (unpaired) electrons. The maximum atomic E-state index is 12.7. The number of aliphatic hydroxyl groups is 1. The van der Waals surface area contributed by atoms with Gasteiger partial charge in [-0.3, -0.25) is 9.59 Å². The van der Waals surface area contributed by atoms with Crippen molar-refractivity contribution in [3.63, 3.8) is 0 Å². The molecule has 0 heterocycles. The van der Waals surface area contributed by atoms with Crippen LogP contribution in [0.4, 0.5) is 0 Å². The second-order valence-corrected chi connectivity index (χ2v) is 15.8. The van der Waals surface area contributed by atoms with Gasteiger partial charge >= 0.3 is 0 Å². The zero-order valence-electron chi connectivity index (χ0n) is 27.8. The minimum absolute atomic E-state index is 0.0440. The number of carbonyl (C=O) groups is 2. The van der Waals surface area contributed by atoms with E-state index in [1.165, 1.54) is 0 Å². The van der Waals surface area contributed by atoms with Gasteiger partial charge in [-0.2, -0.15) is 0 Å². The van der Waals surface area contributed by atoms with Crippen LogP contribution >= 0.6 is 21.6 Å². The van der Waals surface area contributed by atoms with Crippen molar-refractivity contribution in [3.8, 4) is 0 Å². The summed E-state index contributed by atoms with van der Waals surface area (Å²) < 4.78 is 0. The van der Waals surface area contributed by atoms with E-state index < -0.39 is 0 Å². The molecule has 0 aromatic carbocycles. The van der Waals surface area contributed by atoms with E-state index in [2.05, 4.69) is 88.9 Å². The summed E-state index contributed by atoms with van der Waals surface area (Å²) in [7, 11) is 3.59. The molecule has 0 bridgehead atoms. The molecule has 10 heteroatoms. The molecule has 8 nitrogen and oxygen atoms in total. The highest BCUT2D eigenvalue weighted by Gasteiger charge is 2.28. The molecule has 0 aliphatic rings. The Morgan fingerprint density at radius 1 is 0.707 bits per heavy atom. The fourth-order valence-electron chi connectivity index (χ4n) is 4.77. The molecule has 0 aliphatic heterocycles. The molecular formula is C31H65N5O3S2. The molecule has 41 heavy (non-hydrogen) atoms. The van der Waals surface area contributed by atoms with Crippen LogP contribution in [0.25, 0.3) is 0 Å². The fraction of sp³-hybridized carbons (Fsp3) is 0.935. The molecule has 1 unspecified atom stereocenters. The lowest BCUT2D eigenvalue weighted by Crippen LogP contribution is -2.51. The van der Waals surface area contributed by atoms with E-state index >= 15 is 0 Å². The van der Waals surface area contributed by atoms with E-state index in [4.69, 9.17) is 0 Å². The standard InChI is InChI=1S/C31H65N5O3S2/c1-10-15-34-30(8,9)23-27(38)32-16-17-36-31(11-2,12-3)24-28(39)33-18-20-40-41-21-19-35-29(6,7)22-26(37)14-13-25(4)5/h25-26,34-37H,10-24H2,1-9H3,(H,32,38)(H,33,39). The highest BCUT2D eigenvalue weighted by molar-refractivity contribution is 8.76. The van der Waals surface area contributed by atoms with Crippen LogP contribution in [0.5, 0.6) is 0 Å². The molecule has 0 rings (SSSR count). The van der Waals surface area contributed by atoms with E-state index in [9.17, 15) is 14.7 Å². The van der Waals surface area contributed by atoms with Crippen LogP contribution in [-0.2, 0) is 9.59 Å². The first-order valence-electron chi connectivity index (χ1n) is 15.9. The Kier molecular flexibility index (Phi) is 21.8. The van der Waals surface area contributed by atoms with Gasteiger partial charge in [0.15, 0.2) is 0 Å². The van der Waals surface area contributed by atoms with E-state index in [1.54, 1.807) is 10.8 Å². The maximum absolute atomic E-state index is 12.7. The third-order valence-electron chi connectivity index (χ3n) is 7.46. The third-order valence-corrected chi connectivity index (χ3v) is 9.87. The second kappa shape index (κ2) is 22.1. The SMILES string of the molecule is CCCNC(C)(C)CC(=O)NCCNC(CC)(CC)CC(=O)NCCSSCCNC(C)(C)CC(O)CCC(C)C. The molecule has 0 saturated carbocycles. The van der Waals surface area contributed by atoms with Crippen molar-refractivity contribution in [1.29, 1.82) is 0 Å². The summed E-state index contributed by atoms with van der Waals surface area (Å²) in [6.07, 6.45) is 6.04. The van der Waals surface area contributed by atoms with E-state index in [1.807, 2.05) is 10.8 Å². The Balaban J connectivity index is 4.16. The average Bonchev–Trinajstić information content (AvgIpc) is 2.89. The maximum Gasteiger partial charge on any atom is 0.221 e. The van der Waals surface area contributed by atoms with Gasteiger partial charge in [0.1, 0.15) is 0 Å². The van der Waals surface area contributed by atoms with E-state index in [0.29, 0.717) is 38.4 Å². The van der Waals surface area contributed by atoms with Crippen molar-refractivity contribution >= 4 is 33.4 Å². The molecule has 0 aromatic rings. The largest absolute Gasteiger partial charge is 0.393 e. The first-order valence-corrected chi connectivity index (χ1v) is 18.4. The van der Waals surface area contributed by atoms with Crippen LogP contribution in [-0.4, -0.2) is 83.9 Å². The van der Waals surface area contributed by atoms with Gasteiger partial charge in [0.05, 0.1) is 6.10 Å². The smallest absolute Gasteiger partial charge is 0.221 e. The summed E-state index contributed by atoms with van der Waals surface area (Å²) in [6, 6.07) is 0. The van der Waals surface area contributed by atoms with Crippen molar-refractivity contribution in [1.82, 2.24) is 26.6 Å². The highest BCUT2D eigenvalue weighted by atomic mass is 33.1. The molecule has 0 saturated heterocycles.